The summed E-state index contributed by atoms with van der Waals surface area (Å²) in [4.78, 5) is 30.3. The summed E-state index contributed by atoms with van der Waals surface area (Å²) in [5.41, 5.74) is 4.06. The number of carbonyl (C=O) groups is 1. The summed E-state index contributed by atoms with van der Waals surface area (Å²) in [5.74, 6) is 0.637. The number of furan rings is 1. The molecule has 0 radical (unpaired) electrons. The fourth-order valence-corrected chi connectivity index (χ4v) is 4.66. The Hall–Kier alpha value is -3.55. The van der Waals surface area contributed by atoms with E-state index in [0.717, 1.165) is 17.9 Å². The maximum atomic E-state index is 13.1. The Morgan fingerprint density at radius 2 is 2.03 bits per heavy atom. The van der Waals surface area contributed by atoms with Crippen LogP contribution in [0.4, 0.5) is 5.69 Å². The minimum absolute atomic E-state index is 0.0635. The highest BCUT2D eigenvalue weighted by atomic mass is 16.3. The monoisotopic (exact) mass is 433 g/mol. The summed E-state index contributed by atoms with van der Waals surface area (Å²) in [7, 11) is 0. The van der Waals surface area contributed by atoms with Crippen LogP contribution in [0.2, 0.25) is 0 Å². The van der Waals surface area contributed by atoms with E-state index in [2.05, 4.69) is 48.1 Å². The molecule has 4 aromatic rings. The molecule has 1 unspecified atom stereocenters. The molecule has 0 spiro atoms. The Morgan fingerprint density at radius 3 is 2.78 bits per heavy atom. The second-order valence-corrected chi connectivity index (χ2v) is 8.49. The predicted molar refractivity (Wildman–Crippen MR) is 123 cm³/mol. The van der Waals surface area contributed by atoms with Crippen molar-refractivity contribution in [3.8, 4) is 0 Å². The van der Waals surface area contributed by atoms with Gasteiger partial charge < -0.3 is 14.2 Å². The van der Waals surface area contributed by atoms with Gasteiger partial charge in [0.1, 0.15) is 17.9 Å². The van der Waals surface area contributed by atoms with Gasteiger partial charge in [-0.05, 0) is 31.5 Å². The van der Waals surface area contributed by atoms with Gasteiger partial charge in [-0.15, -0.1) is 0 Å². The van der Waals surface area contributed by atoms with Gasteiger partial charge in [-0.3, -0.25) is 14.0 Å². The van der Waals surface area contributed by atoms with Gasteiger partial charge in [0, 0.05) is 49.9 Å². The van der Waals surface area contributed by atoms with E-state index in [0.29, 0.717) is 30.6 Å². The molecule has 4 heterocycles. The minimum Gasteiger partial charge on any atom is -0.463 e. The van der Waals surface area contributed by atoms with Crippen LogP contribution < -0.4 is 10.5 Å². The van der Waals surface area contributed by atoms with Crippen molar-refractivity contribution in [3.05, 3.63) is 64.4 Å². The number of anilines is 1. The van der Waals surface area contributed by atoms with Gasteiger partial charge in [-0.2, -0.15) is 5.10 Å². The lowest BCUT2D eigenvalue weighted by molar-refractivity contribution is -0.132. The molecule has 1 atom stereocenters. The van der Waals surface area contributed by atoms with Crippen LogP contribution in [0.3, 0.4) is 0 Å². The van der Waals surface area contributed by atoms with Crippen LogP contribution in [-0.4, -0.2) is 50.7 Å². The van der Waals surface area contributed by atoms with Crippen molar-refractivity contribution in [2.45, 2.75) is 39.8 Å². The van der Waals surface area contributed by atoms with Gasteiger partial charge in [0.05, 0.1) is 11.8 Å². The highest BCUT2D eigenvalue weighted by molar-refractivity contribution is 5.82. The molecule has 0 aliphatic carbocycles. The molecule has 1 fully saturated rings. The first kappa shape index (κ1) is 20.4. The fraction of sp³-hybridized carbons (Fsp3) is 0.375. The Morgan fingerprint density at radius 1 is 1.19 bits per heavy atom. The van der Waals surface area contributed by atoms with E-state index in [9.17, 15) is 9.59 Å². The van der Waals surface area contributed by atoms with Gasteiger partial charge in [0.25, 0.3) is 5.56 Å². The lowest BCUT2D eigenvalue weighted by Gasteiger charge is -2.41. The molecule has 166 valence electrons. The van der Waals surface area contributed by atoms with Crippen LogP contribution in [0.15, 0.2) is 51.9 Å². The maximum absolute atomic E-state index is 13.1. The van der Waals surface area contributed by atoms with Crippen molar-refractivity contribution in [1.82, 2.24) is 19.1 Å². The molecule has 1 saturated heterocycles. The van der Waals surface area contributed by atoms with Crippen molar-refractivity contribution >= 4 is 28.2 Å². The summed E-state index contributed by atoms with van der Waals surface area (Å²) < 4.78 is 8.59. The third-order valence-corrected chi connectivity index (χ3v) is 6.29. The lowest BCUT2D eigenvalue weighted by atomic mass is 10.1. The predicted octanol–water partition coefficient (Wildman–Crippen LogP) is 2.85. The van der Waals surface area contributed by atoms with Gasteiger partial charge in [-0.1, -0.05) is 19.1 Å². The van der Waals surface area contributed by atoms with E-state index in [1.165, 1.54) is 15.9 Å². The van der Waals surface area contributed by atoms with E-state index < -0.39 is 0 Å². The number of aromatic nitrogens is 3. The highest BCUT2D eigenvalue weighted by Crippen LogP contribution is 2.22. The Bertz CT molecular complexity index is 1370. The van der Waals surface area contributed by atoms with Crippen LogP contribution in [-0.2, 0) is 17.8 Å². The summed E-state index contributed by atoms with van der Waals surface area (Å²) >= 11 is 0. The molecule has 1 aliphatic heterocycles. The van der Waals surface area contributed by atoms with Crippen LogP contribution in [0.25, 0.3) is 16.6 Å². The first-order valence-corrected chi connectivity index (χ1v) is 11.1. The zero-order valence-corrected chi connectivity index (χ0v) is 18.6. The van der Waals surface area contributed by atoms with Crippen LogP contribution >= 0.6 is 0 Å². The Balaban J connectivity index is 1.37. The summed E-state index contributed by atoms with van der Waals surface area (Å²) in [6.45, 7) is 8.12. The molecule has 32 heavy (non-hydrogen) atoms. The van der Waals surface area contributed by atoms with Crippen molar-refractivity contribution in [1.29, 1.82) is 0 Å². The second-order valence-electron chi connectivity index (χ2n) is 8.49. The first-order valence-electron chi connectivity index (χ1n) is 11.1. The average molecular weight is 434 g/mol. The molecule has 1 aliphatic rings. The third kappa shape index (κ3) is 3.36. The number of piperazine rings is 1. The third-order valence-electron chi connectivity index (χ3n) is 6.29. The summed E-state index contributed by atoms with van der Waals surface area (Å²) in [5, 5.41) is 4.51. The zero-order chi connectivity index (χ0) is 22.4. The number of aryl methyl sites for hydroxylation is 2. The number of hydrogen-bond acceptors (Lipinski definition) is 5. The van der Waals surface area contributed by atoms with E-state index in [1.807, 2.05) is 22.3 Å². The smallest absolute Gasteiger partial charge is 0.291 e. The Labute approximate surface area is 185 Å². The molecule has 1 amide bonds. The topological polar surface area (TPSA) is 76.0 Å². The van der Waals surface area contributed by atoms with Crippen molar-refractivity contribution in [3.63, 3.8) is 0 Å². The number of fused-ring (bicyclic) bond motifs is 3. The minimum atomic E-state index is -0.284. The van der Waals surface area contributed by atoms with Gasteiger partial charge >= 0.3 is 0 Å². The van der Waals surface area contributed by atoms with E-state index in [-0.39, 0.29) is 24.1 Å². The van der Waals surface area contributed by atoms with Crippen LogP contribution in [0, 0.1) is 6.92 Å². The van der Waals surface area contributed by atoms with Crippen molar-refractivity contribution in [2.24, 2.45) is 0 Å². The standard InChI is InChI=1S/C24H27N5O3/c1-4-22-25-28(24(31)20-13-21-19(29(20)22)8-11-32-21)15-23(30)26-9-10-27(17(3)14-26)18-7-5-6-16(2)12-18/h5-8,11-13,17H,4,9-10,14-15H2,1-3H3. The molecule has 8 heteroatoms. The summed E-state index contributed by atoms with van der Waals surface area (Å²) in [6.07, 6.45) is 2.23. The molecule has 1 aromatic carbocycles. The van der Waals surface area contributed by atoms with Crippen molar-refractivity contribution < 1.29 is 9.21 Å². The number of amides is 1. The van der Waals surface area contributed by atoms with Gasteiger partial charge in [0.2, 0.25) is 5.91 Å². The molecule has 0 saturated carbocycles. The molecule has 3 aromatic heterocycles. The number of nitrogens with zero attached hydrogens (tertiary/aromatic N) is 5. The van der Waals surface area contributed by atoms with Crippen molar-refractivity contribution in [2.75, 3.05) is 24.5 Å². The molecular formula is C24H27N5O3. The molecular weight excluding hydrogens is 406 g/mol. The van der Waals surface area contributed by atoms with E-state index in [4.69, 9.17) is 4.42 Å². The maximum Gasteiger partial charge on any atom is 0.291 e. The molecule has 0 bridgehead atoms. The fourth-order valence-electron chi connectivity index (χ4n) is 4.66. The average Bonchev–Trinajstić information content (AvgIpc) is 3.37. The second kappa shape index (κ2) is 7.85. The number of carbonyl (C=O) groups excluding carboxylic acids is 1. The Kier molecular flexibility index (Phi) is 5.00. The first-order chi connectivity index (χ1) is 15.5. The van der Waals surface area contributed by atoms with Crippen LogP contribution in [0.1, 0.15) is 25.2 Å². The zero-order valence-electron chi connectivity index (χ0n) is 18.6. The highest BCUT2D eigenvalue weighted by Gasteiger charge is 2.28. The van der Waals surface area contributed by atoms with Crippen LogP contribution in [0.5, 0.6) is 0 Å². The largest absolute Gasteiger partial charge is 0.463 e. The van der Waals surface area contributed by atoms with Gasteiger partial charge in [0.15, 0.2) is 5.58 Å². The van der Waals surface area contributed by atoms with Gasteiger partial charge in [-0.25, -0.2) is 4.68 Å². The number of benzene rings is 1. The van der Waals surface area contributed by atoms with E-state index >= 15 is 0 Å². The molecule has 5 rings (SSSR count). The lowest BCUT2D eigenvalue weighted by Crippen LogP contribution is -2.54. The van der Waals surface area contributed by atoms with E-state index in [1.54, 1.807) is 12.3 Å². The molecule has 8 nitrogen and oxygen atoms in total. The summed E-state index contributed by atoms with van der Waals surface area (Å²) in [6, 6.07) is 12.2. The number of hydrogen-bond donors (Lipinski definition) is 0. The SMILES string of the molecule is CCc1nn(CC(=O)N2CCN(c3cccc(C)c3)C(C)C2)c(=O)c2cc3occc3n12. The molecule has 0 N–H and O–H groups in total. The quantitative estimate of drug-likeness (QED) is 0.495. The number of rotatable bonds is 4. The normalized spacial score (nSPS) is 16.9.